The first-order valence-corrected chi connectivity index (χ1v) is 6.21. The molecule has 3 heteroatoms. The van der Waals surface area contributed by atoms with Gasteiger partial charge in [-0.15, -0.1) is 0 Å². The van der Waals surface area contributed by atoms with Gasteiger partial charge >= 0.3 is 0 Å². The summed E-state index contributed by atoms with van der Waals surface area (Å²) in [7, 11) is 0. The fourth-order valence-electron chi connectivity index (χ4n) is 1.86. The van der Waals surface area contributed by atoms with Gasteiger partial charge in [0.25, 0.3) is 5.91 Å². The van der Waals surface area contributed by atoms with Crippen LogP contribution in [0.4, 0.5) is 0 Å². The minimum absolute atomic E-state index is 0.139. The van der Waals surface area contributed by atoms with Crippen molar-refractivity contribution < 1.29 is 4.79 Å². The third-order valence-corrected chi connectivity index (χ3v) is 3.03. The quantitative estimate of drug-likeness (QED) is 0.912. The number of carbonyl (C=O) groups is 1. The summed E-state index contributed by atoms with van der Waals surface area (Å²) in [5, 5.41) is 13.7. The second-order valence-corrected chi connectivity index (χ2v) is 5.21. The normalized spacial score (nSPS) is 11.0. The molecule has 3 nitrogen and oxygen atoms in total. The van der Waals surface area contributed by atoms with Crippen molar-refractivity contribution in [1.82, 2.24) is 5.32 Å². The Hall–Kier alpha value is -2.34. The predicted molar refractivity (Wildman–Crippen MR) is 75.7 cm³/mol. The number of hydrogen-bond donors (Lipinski definition) is 1. The maximum Gasteiger partial charge on any atom is 0.251 e. The van der Waals surface area contributed by atoms with Crippen LogP contribution in [-0.2, 0) is 0 Å². The lowest BCUT2D eigenvalue weighted by atomic mass is 9.95. The number of hydrogen-bond acceptors (Lipinski definition) is 2. The molecule has 0 aliphatic carbocycles. The predicted octanol–water partition coefficient (Wildman–Crippen LogP) is 3.12. The number of rotatable bonds is 3. The summed E-state index contributed by atoms with van der Waals surface area (Å²) in [6.07, 6.45) is 0. The summed E-state index contributed by atoms with van der Waals surface area (Å²) in [6, 6.07) is 15.6. The summed E-state index contributed by atoms with van der Waals surface area (Å²) in [5.74, 6) is -0.139. The molecule has 0 fully saturated rings. The smallest absolute Gasteiger partial charge is 0.251 e. The van der Waals surface area contributed by atoms with Crippen molar-refractivity contribution in [2.75, 3.05) is 6.54 Å². The van der Waals surface area contributed by atoms with E-state index in [0.29, 0.717) is 12.1 Å². The second-order valence-electron chi connectivity index (χ2n) is 5.21. The molecule has 1 N–H and O–H groups in total. The summed E-state index contributed by atoms with van der Waals surface area (Å²) >= 11 is 0. The van der Waals surface area contributed by atoms with Crippen molar-refractivity contribution in [1.29, 1.82) is 5.26 Å². The van der Waals surface area contributed by atoms with Gasteiger partial charge in [0.1, 0.15) is 0 Å². The summed E-state index contributed by atoms with van der Waals surface area (Å²) in [6.45, 7) is 3.94. The molecule has 0 unspecified atom stereocenters. The number of nitrogens with zero attached hydrogens (tertiary/aromatic N) is 1. The van der Waals surface area contributed by atoms with Gasteiger partial charge in [-0.25, -0.2) is 0 Å². The first kappa shape index (κ1) is 13.1. The summed E-state index contributed by atoms with van der Waals surface area (Å²) < 4.78 is 0. The maximum atomic E-state index is 12.2. The van der Waals surface area contributed by atoms with Crippen molar-refractivity contribution in [2.45, 2.75) is 13.8 Å². The van der Waals surface area contributed by atoms with Gasteiger partial charge < -0.3 is 5.32 Å². The highest BCUT2D eigenvalue weighted by molar-refractivity contribution is 6.07. The molecule has 0 spiro atoms. The highest BCUT2D eigenvalue weighted by Crippen LogP contribution is 2.19. The summed E-state index contributed by atoms with van der Waals surface area (Å²) in [5.41, 5.74) is 0.0899. The molecule has 0 saturated heterocycles. The van der Waals surface area contributed by atoms with Crippen LogP contribution in [-0.4, -0.2) is 12.5 Å². The highest BCUT2D eigenvalue weighted by atomic mass is 16.1. The Bertz CT molecular complexity index is 648. The Morgan fingerprint density at radius 3 is 2.63 bits per heavy atom. The van der Waals surface area contributed by atoms with Crippen LogP contribution in [0, 0.1) is 16.7 Å². The van der Waals surface area contributed by atoms with Gasteiger partial charge in [-0.05, 0) is 30.7 Å². The van der Waals surface area contributed by atoms with Crippen LogP contribution in [0.15, 0.2) is 42.5 Å². The Balaban J connectivity index is 2.26. The molecular weight excluding hydrogens is 236 g/mol. The van der Waals surface area contributed by atoms with Crippen molar-refractivity contribution in [2.24, 2.45) is 5.41 Å². The number of benzene rings is 2. The number of nitriles is 1. The van der Waals surface area contributed by atoms with Crippen LogP contribution in [0.5, 0.6) is 0 Å². The Morgan fingerprint density at radius 2 is 1.89 bits per heavy atom. The molecule has 0 heterocycles. The molecule has 2 aromatic carbocycles. The highest BCUT2D eigenvalue weighted by Gasteiger charge is 2.18. The van der Waals surface area contributed by atoms with E-state index in [1.165, 1.54) is 0 Å². The third kappa shape index (κ3) is 2.92. The molecule has 0 bridgehead atoms. The fourth-order valence-corrected chi connectivity index (χ4v) is 1.86. The van der Waals surface area contributed by atoms with E-state index in [1.807, 2.05) is 36.4 Å². The molecule has 2 rings (SSSR count). The van der Waals surface area contributed by atoms with E-state index in [1.54, 1.807) is 19.9 Å². The zero-order valence-electron chi connectivity index (χ0n) is 11.1. The lowest BCUT2D eigenvalue weighted by molar-refractivity contribution is 0.0945. The molecular formula is C16H16N2O. The third-order valence-electron chi connectivity index (χ3n) is 3.03. The lowest BCUT2D eigenvalue weighted by Gasteiger charge is -2.16. The molecule has 0 aromatic heterocycles. The van der Waals surface area contributed by atoms with Crippen LogP contribution >= 0.6 is 0 Å². The molecule has 0 radical (unpaired) electrons. The van der Waals surface area contributed by atoms with Gasteiger partial charge in [0.05, 0.1) is 11.5 Å². The van der Waals surface area contributed by atoms with Crippen LogP contribution in [0.3, 0.4) is 0 Å². The molecule has 0 aliphatic heterocycles. The van der Waals surface area contributed by atoms with E-state index in [-0.39, 0.29) is 5.91 Å². The average molecular weight is 252 g/mol. The fraction of sp³-hybridized carbons (Fsp3) is 0.250. The molecule has 2 aromatic rings. The Morgan fingerprint density at radius 1 is 1.21 bits per heavy atom. The molecule has 0 aliphatic rings. The van der Waals surface area contributed by atoms with Gasteiger partial charge in [-0.2, -0.15) is 5.26 Å². The zero-order chi connectivity index (χ0) is 13.9. The monoisotopic (exact) mass is 252 g/mol. The number of amides is 1. The van der Waals surface area contributed by atoms with Crippen LogP contribution in [0.1, 0.15) is 24.2 Å². The van der Waals surface area contributed by atoms with E-state index in [4.69, 9.17) is 5.26 Å². The maximum absolute atomic E-state index is 12.2. The molecule has 1 amide bonds. The molecule has 0 saturated carbocycles. The molecule has 96 valence electrons. The SMILES string of the molecule is CC(C)(C#N)CNC(=O)c1cccc2ccccc12. The van der Waals surface area contributed by atoms with Crippen LogP contribution in [0.2, 0.25) is 0 Å². The van der Waals surface area contributed by atoms with Gasteiger partial charge in [-0.3, -0.25) is 4.79 Å². The first-order chi connectivity index (χ1) is 9.03. The van der Waals surface area contributed by atoms with E-state index in [0.717, 1.165) is 10.8 Å². The number of carbonyl (C=O) groups excluding carboxylic acids is 1. The Labute approximate surface area is 112 Å². The van der Waals surface area contributed by atoms with E-state index < -0.39 is 5.41 Å². The van der Waals surface area contributed by atoms with E-state index in [9.17, 15) is 4.79 Å². The van der Waals surface area contributed by atoms with Gasteiger partial charge in [0.15, 0.2) is 0 Å². The van der Waals surface area contributed by atoms with Crippen molar-refractivity contribution in [3.63, 3.8) is 0 Å². The van der Waals surface area contributed by atoms with Crippen LogP contribution < -0.4 is 5.32 Å². The van der Waals surface area contributed by atoms with E-state index in [2.05, 4.69) is 11.4 Å². The Kier molecular flexibility index (Phi) is 3.52. The van der Waals surface area contributed by atoms with E-state index >= 15 is 0 Å². The summed E-state index contributed by atoms with van der Waals surface area (Å²) in [4.78, 5) is 12.2. The number of fused-ring (bicyclic) bond motifs is 1. The standard InChI is InChI=1S/C16H16N2O/c1-16(2,10-17)11-18-15(19)14-9-5-7-12-6-3-4-8-13(12)14/h3-9H,11H2,1-2H3,(H,18,19). The second kappa shape index (κ2) is 5.11. The topological polar surface area (TPSA) is 52.9 Å². The lowest BCUT2D eigenvalue weighted by Crippen LogP contribution is -2.33. The zero-order valence-corrected chi connectivity index (χ0v) is 11.1. The average Bonchev–Trinajstić information content (AvgIpc) is 2.44. The minimum atomic E-state index is -0.555. The first-order valence-electron chi connectivity index (χ1n) is 6.21. The molecule has 19 heavy (non-hydrogen) atoms. The van der Waals surface area contributed by atoms with Crippen LogP contribution in [0.25, 0.3) is 10.8 Å². The van der Waals surface area contributed by atoms with Crippen molar-refractivity contribution in [3.05, 3.63) is 48.0 Å². The number of nitrogens with one attached hydrogen (secondary N) is 1. The van der Waals surface area contributed by atoms with Gasteiger partial charge in [0, 0.05) is 12.1 Å². The largest absolute Gasteiger partial charge is 0.350 e. The van der Waals surface area contributed by atoms with Gasteiger partial charge in [0.2, 0.25) is 0 Å². The minimum Gasteiger partial charge on any atom is -0.350 e. The van der Waals surface area contributed by atoms with Crippen molar-refractivity contribution in [3.8, 4) is 6.07 Å². The van der Waals surface area contributed by atoms with Crippen molar-refractivity contribution >= 4 is 16.7 Å². The van der Waals surface area contributed by atoms with Gasteiger partial charge in [-0.1, -0.05) is 36.4 Å². The molecule has 0 atom stereocenters.